The maximum Gasteiger partial charge on any atom is 0.287 e. The largest absolute Gasteiger partial charge is 0.451 e. The molecule has 9 nitrogen and oxygen atoms in total. The standard InChI is InChI=1S/C26H31N5O4/c1-27-26(34)23(19-6-4-3-5-7-19)30-25(33)22-13-12-21(35-22)18-10-8-17(9-11-18)16-28-24(32)20-14-15-29-31(20)2/h8-15,19,23H,3-7,16H2,1-2H3,(H,27,34)(H,28,32)(H,30,33)/t23-/m0/s1. The quantitative estimate of drug-likeness (QED) is 0.461. The van der Waals surface area contributed by atoms with Crippen molar-refractivity contribution in [2.75, 3.05) is 7.05 Å². The van der Waals surface area contributed by atoms with Crippen molar-refractivity contribution in [3.63, 3.8) is 0 Å². The first-order valence-electron chi connectivity index (χ1n) is 11.9. The van der Waals surface area contributed by atoms with Gasteiger partial charge >= 0.3 is 0 Å². The second-order valence-electron chi connectivity index (χ2n) is 8.85. The predicted octanol–water partition coefficient (Wildman–Crippen LogP) is 3.03. The Morgan fingerprint density at radius 3 is 2.43 bits per heavy atom. The SMILES string of the molecule is CNC(=O)[C@@H](NC(=O)c1ccc(-c2ccc(CNC(=O)c3ccnn3C)cc2)o1)C1CCCCC1. The summed E-state index contributed by atoms with van der Waals surface area (Å²) in [6.07, 6.45) is 6.75. The second-order valence-corrected chi connectivity index (χ2v) is 8.85. The molecule has 0 spiro atoms. The van der Waals surface area contributed by atoms with Crippen LogP contribution >= 0.6 is 0 Å². The van der Waals surface area contributed by atoms with E-state index in [1.54, 1.807) is 38.5 Å². The maximum absolute atomic E-state index is 12.9. The van der Waals surface area contributed by atoms with Crippen LogP contribution in [-0.4, -0.2) is 40.6 Å². The fourth-order valence-electron chi connectivity index (χ4n) is 4.50. The molecule has 4 rings (SSSR count). The molecule has 3 amide bonds. The van der Waals surface area contributed by atoms with E-state index in [-0.39, 0.29) is 23.5 Å². The van der Waals surface area contributed by atoms with Crippen molar-refractivity contribution in [2.24, 2.45) is 13.0 Å². The van der Waals surface area contributed by atoms with E-state index in [4.69, 9.17) is 4.42 Å². The number of amides is 3. The second kappa shape index (κ2) is 11.0. The number of nitrogens with zero attached hydrogens (tertiary/aromatic N) is 2. The van der Waals surface area contributed by atoms with E-state index < -0.39 is 11.9 Å². The lowest BCUT2D eigenvalue weighted by molar-refractivity contribution is -0.124. The summed E-state index contributed by atoms with van der Waals surface area (Å²) in [7, 11) is 3.31. The molecule has 1 aliphatic carbocycles. The van der Waals surface area contributed by atoms with Gasteiger partial charge < -0.3 is 20.4 Å². The minimum Gasteiger partial charge on any atom is -0.451 e. The van der Waals surface area contributed by atoms with Gasteiger partial charge in [0.1, 0.15) is 17.5 Å². The maximum atomic E-state index is 12.9. The Balaban J connectivity index is 1.37. The van der Waals surface area contributed by atoms with Gasteiger partial charge in [-0.25, -0.2) is 0 Å². The van der Waals surface area contributed by atoms with Gasteiger partial charge in [0.15, 0.2) is 5.76 Å². The third-order valence-corrected chi connectivity index (χ3v) is 6.51. The van der Waals surface area contributed by atoms with Crippen LogP contribution in [0.3, 0.4) is 0 Å². The van der Waals surface area contributed by atoms with Crippen LogP contribution in [0.1, 0.15) is 58.7 Å². The van der Waals surface area contributed by atoms with Crippen molar-refractivity contribution < 1.29 is 18.8 Å². The third kappa shape index (κ3) is 5.79. The molecule has 1 saturated carbocycles. The number of furan rings is 1. The van der Waals surface area contributed by atoms with E-state index in [0.717, 1.165) is 36.8 Å². The number of aryl methyl sites for hydroxylation is 1. The number of hydrogen-bond acceptors (Lipinski definition) is 5. The van der Waals surface area contributed by atoms with Crippen molar-refractivity contribution in [1.29, 1.82) is 0 Å². The highest BCUT2D eigenvalue weighted by Crippen LogP contribution is 2.27. The lowest BCUT2D eigenvalue weighted by Crippen LogP contribution is -2.50. The summed E-state index contributed by atoms with van der Waals surface area (Å²) in [4.78, 5) is 37.5. The number of hydrogen-bond donors (Lipinski definition) is 3. The number of carbonyl (C=O) groups excluding carboxylic acids is 3. The van der Waals surface area contributed by atoms with Gasteiger partial charge in [0.05, 0.1) is 0 Å². The lowest BCUT2D eigenvalue weighted by Gasteiger charge is -2.29. The van der Waals surface area contributed by atoms with Gasteiger partial charge in [-0.3, -0.25) is 19.1 Å². The van der Waals surface area contributed by atoms with E-state index in [2.05, 4.69) is 21.0 Å². The first-order valence-corrected chi connectivity index (χ1v) is 11.9. The van der Waals surface area contributed by atoms with Crippen molar-refractivity contribution in [1.82, 2.24) is 25.7 Å². The Morgan fingerprint density at radius 1 is 1.03 bits per heavy atom. The Bertz CT molecular complexity index is 1170. The molecule has 0 aliphatic heterocycles. The van der Waals surface area contributed by atoms with E-state index >= 15 is 0 Å². The van der Waals surface area contributed by atoms with Gasteiger partial charge in [0.2, 0.25) is 5.91 Å². The highest BCUT2D eigenvalue weighted by atomic mass is 16.4. The van der Waals surface area contributed by atoms with Crippen LogP contribution in [0.5, 0.6) is 0 Å². The number of likely N-dealkylation sites (N-methyl/N-ethyl adjacent to an activating group) is 1. The van der Waals surface area contributed by atoms with Gasteiger partial charge in [0.25, 0.3) is 11.8 Å². The zero-order chi connectivity index (χ0) is 24.8. The van der Waals surface area contributed by atoms with E-state index in [0.29, 0.717) is 18.0 Å². The normalized spacial score (nSPS) is 14.8. The van der Waals surface area contributed by atoms with Crippen LogP contribution in [0.15, 0.2) is 53.1 Å². The Kier molecular flexibility index (Phi) is 7.64. The Hall–Kier alpha value is -3.88. The molecule has 3 N–H and O–H groups in total. The van der Waals surface area contributed by atoms with Crippen molar-refractivity contribution in [3.05, 3.63) is 65.7 Å². The van der Waals surface area contributed by atoms with Crippen molar-refractivity contribution in [2.45, 2.75) is 44.7 Å². The summed E-state index contributed by atoms with van der Waals surface area (Å²) in [6, 6.07) is 12.0. The smallest absolute Gasteiger partial charge is 0.287 e. The van der Waals surface area contributed by atoms with Gasteiger partial charge in [0, 0.05) is 32.4 Å². The van der Waals surface area contributed by atoms with Crippen LogP contribution in [0.2, 0.25) is 0 Å². The summed E-state index contributed by atoms with van der Waals surface area (Å²) >= 11 is 0. The number of carbonyl (C=O) groups is 3. The minimum atomic E-state index is -0.567. The average molecular weight is 478 g/mol. The molecule has 1 atom stereocenters. The third-order valence-electron chi connectivity index (χ3n) is 6.51. The summed E-state index contributed by atoms with van der Waals surface area (Å²) in [5, 5.41) is 12.4. The molecule has 0 bridgehead atoms. The van der Waals surface area contributed by atoms with Crippen molar-refractivity contribution in [3.8, 4) is 11.3 Å². The van der Waals surface area contributed by atoms with E-state index in [9.17, 15) is 14.4 Å². The van der Waals surface area contributed by atoms with Crippen LogP contribution in [-0.2, 0) is 18.4 Å². The highest BCUT2D eigenvalue weighted by Gasteiger charge is 2.31. The van der Waals surface area contributed by atoms with Crippen LogP contribution in [0.25, 0.3) is 11.3 Å². The number of aromatic nitrogens is 2. The molecule has 3 aromatic rings. The zero-order valence-electron chi connectivity index (χ0n) is 20.0. The van der Waals surface area contributed by atoms with Gasteiger partial charge in [-0.05, 0) is 42.5 Å². The minimum absolute atomic E-state index is 0.132. The molecule has 9 heteroatoms. The van der Waals surface area contributed by atoms with Crippen LogP contribution in [0.4, 0.5) is 0 Å². The van der Waals surface area contributed by atoms with Gasteiger partial charge in [-0.1, -0.05) is 43.5 Å². The Morgan fingerprint density at radius 2 is 1.77 bits per heavy atom. The molecule has 184 valence electrons. The fraction of sp³-hybridized carbons (Fsp3) is 0.385. The monoisotopic (exact) mass is 477 g/mol. The fourth-order valence-corrected chi connectivity index (χ4v) is 4.50. The molecular weight excluding hydrogens is 446 g/mol. The number of benzene rings is 1. The first kappa shape index (κ1) is 24.3. The zero-order valence-corrected chi connectivity index (χ0v) is 20.0. The molecule has 1 fully saturated rings. The van der Waals surface area contributed by atoms with Crippen LogP contribution in [0, 0.1) is 5.92 Å². The van der Waals surface area contributed by atoms with Gasteiger partial charge in [-0.15, -0.1) is 0 Å². The average Bonchev–Trinajstić information content (AvgIpc) is 3.56. The molecule has 1 aliphatic rings. The summed E-state index contributed by atoms with van der Waals surface area (Å²) < 4.78 is 7.33. The van der Waals surface area contributed by atoms with Gasteiger partial charge in [-0.2, -0.15) is 5.10 Å². The van der Waals surface area contributed by atoms with E-state index in [1.165, 1.54) is 11.1 Å². The molecule has 2 heterocycles. The van der Waals surface area contributed by atoms with E-state index in [1.807, 2.05) is 24.3 Å². The predicted molar refractivity (Wildman–Crippen MR) is 130 cm³/mol. The molecule has 0 saturated heterocycles. The number of rotatable bonds is 8. The molecule has 1 aromatic carbocycles. The summed E-state index contributed by atoms with van der Waals surface area (Å²) in [5.41, 5.74) is 2.22. The number of nitrogens with one attached hydrogen (secondary N) is 3. The molecule has 0 unspecified atom stereocenters. The molecule has 0 radical (unpaired) electrons. The first-order chi connectivity index (χ1) is 17.0. The summed E-state index contributed by atoms with van der Waals surface area (Å²) in [5.74, 6) is 0.0760. The van der Waals surface area contributed by atoms with Crippen LogP contribution < -0.4 is 16.0 Å². The Labute approximate surface area is 204 Å². The topological polar surface area (TPSA) is 118 Å². The summed E-state index contributed by atoms with van der Waals surface area (Å²) in [6.45, 7) is 0.373. The molecule has 35 heavy (non-hydrogen) atoms. The molecular formula is C26H31N5O4. The van der Waals surface area contributed by atoms with Crippen molar-refractivity contribution >= 4 is 17.7 Å². The highest BCUT2D eigenvalue weighted by molar-refractivity contribution is 5.96. The molecule has 2 aromatic heterocycles. The lowest BCUT2D eigenvalue weighted by atomic mass is 9.83.